The maximum atomic E-state index is 13.4. The zero-order valence-electron chi connectivity index (χ0n) is 16.6. The lowest BCUT2D eigenvalue weighted by Gasteiger charge is -2.30. The largest absolute Gasteiger partial charge is 0.477 e. The minimum absolute atomic E-state index is 0.192. The second-order valence-electron chi connectivity index (χ2n) is 8.13. The Hall–Kier alpha value is -2.66. The molecule has 1 aromatic heterocycles. The van der Waals surface area contributed by atoms with E-state index >= 15 is 0 Å². The molecule has 0 amide bonds. The molecule has 0 spiro atoms. The molecule has 1 aliphatic carbocycles. The molecule has 2 aliphatic rings. The molecule has 0 radical (unpaired) electrons. The SMILES string of the molecule is Cc1c2c(cc3c4c(c(=O)oc13)CCCC4)CN(CCc1cccc(F)c1)CO2. The molecule has 1 aliphatic heterocycles. The summed E-state index contributed by atoms with van der Waals surface area (Å²) in [5, 5.41) is 1.06. The maximum absolute atomic E-state index is 13.4. The number of aryl methyl sites for hydroxylation is 2. The van der Waals surface area contributed by atoms with Gasteiger partial charge in [0.2, 0.25) is 0 Å². The Morgan fingerprint density at radius 2 is 1.97 bits per heavy atom. The van der Waals surface area contributed by atoms with Crippen molar-refractivity contribution in [2.24, 2.45) is 0 Å². The third kappa shape index (κ3) is 3.33. The van der Waals surface area contributed by atoms with E-state index in [1.165, 1.54) is 6.07 Å². The fraction of sp³-hybridized carbons (Fsp3) is 0.375. The van der Waals surface area contributed by atoms with Crippen molar-refractivity contribution < 1.29 is 13.5 Å². The average Bonchev–Trinajstić information content (AvgIpc) is 2.73. The Bertz CT molecular complexity index is 1150. The number of halogens is 1. The van der Waals surface area contributed by atoms with Gasteiger partial charge in [-0.3, -0.25) is 4.90 Å². The van der Waals surface area contributed by atoms with Crippen molar-refractivity contribution in [1.29, 1.82) is 0 Å². The summed E-state index contributed by atoms with van der Waals surface area (Å²) in [6.07, 6.45) is 4.66. The van der Waals surface area contributed by atoms with Gasteiger partial charge in [0.1, 0.15) is 23.9 Å². The van der Waals surface area contributed by atoms with Crippen molar-refractivity contribution in [3.63, 3.8) is 0 Å². The first-order valence-corrected chi connectivity index (χ1v) is 10.3. The lowest BCUT2D eigenvalue weighted by atomic mass is 9.89. The summed E-state index contributed by atoms with van der Waals surface area (Å²) < 4.78 is 25.2. The predicted octanol–water partition coefficient (Wildman–Crippen LogP) is 4.51. The van der Waals surface area contributed by atoms with Gasteiger partial charge in [0.25, 0.3) is 0 Å². The van der Waals surface area contributed by atoms with Gasteiger partial charge in [0, 0.05) is 35.2 Å². The molecular weight excluding hydrogens is 369 g/mol. The molecule has 5 rings (SSSR count). The second kappa shape index (κ2) is 7.30. The molecule has 4 nitrogen and oxygen atoms in total. The molecule has 0 atom stereocenters. The van der Waals surface area contributed by atoms with Crippen LogP contribution in [0.1, 0.15) is 40.7 Å². The van der Waals surface area contributed by atoms with E-state index in [4.69, 9.17) is 9.15 Å². The van der Waals surface area contributed by atoms with E-state index in [0.717, 1.165) is 84.1 Å². The lowest BCUT2D eigenvalue weighted by Crippen LogP contribution is -2.34. The molecule has 29 heavy (non-hydrogen) atoms. The first-order valence-electron chi connectivity index (χ1n) is 10.3. The molecule has 0 saturated heterocycles. The van der Waals surface area contributed by atoms with Crippen LogP contribution in [0.2, 0.25) is 0 Å². The van der Waals surface area contributed by atoms with Gasteiger partial charge in [0.15, 0.2) is 0 Å². The van der Waals surface area contributed by atoms with E-state index in [1.54, 1.807) is 12.1 Å². The molecule has 150 valence electrons. The highest BCUT2D eigenvalue weighted by Crippen LogP contribution is 2.37. The fourth-order valence-electron chi connectivity index (χ4n) is 4.67. The van der Waals surface area contributed by atoms with Crippen molar-refractivity contribution in [2.45, 2.75) is 45.6 Å². The van der Waals surface area contributed by atoms with Gasteiger partial charge in [-0.25, -0.2) is 9.18 Å². The van der Waals surface area contributed by atoms with Crippen molar-refractivity contribution in [2.75, 3.05) is 13.3 Å². The lowest BCUT2D eigenvalue weighted by molar-refractivity contribution is 0.0959. The van der Waals surface area contributed by atoms with Crippen LogP contribution in [0, 0.1) is 12.7 Å². The topological polar surface area (TPSA) is 42.7 Å². The summed E-state index contributed by atoms with van der Waals surface area (Å²) in [4.78, 5) is 14.7. The van der Waals surface area contributed by atoms with Gasteiger partial charge in [-0.05, 0) is 68.4 Å². The van der Waals surface area contributed by atoms with E-state index in [1.807, 2.05) is 13.0 Å². The van der Waals surface area contributed by atoms with Crippen LogP contribution in [0.3, 0.4) is 0 Å². The van der Waals surface area contributed by atoms with Crippen LogP contribution in [0.25, 0.3) is 11.0 Å². The van der Waals surface area contributed by atoms with E-state index in [-0.39, 0.29) is 11.4 Å². The Kier molecular flexibility index (Phi) is 4.63. The van der Waals surface area contributed by atoms with E-state index in [0.29, 0.717) is 12.3 Å². The molecule has 0 unspecified atom stereocenters. The summed E-state index contributed by atoms with van der Waals surface area (Å²) in [5.74, 6) is 0.634. The Morgan fingerprint density at radius 3 is 2.79 bits per heavy atom. The van der Waals surface area contributed by atoms with Crippen LogP contribution in [0.5, 0.6) is 5.75 Å². The standard InChI is InChI=1S/C24H24FNO3/c1-15-22-17(12-21-19-7-2-3-8-20(19)24(27)29-23(15)21)13-26(14-28-22)10-9-16-5-4-6-18(25)11-16/h4-6,11-12H,2-3,7-10,13-14H2,1H3. The highest BCUT2D eigenvalue weighted by molar-refractivity contribution is 5.87. The smallest absolute Gasteiger partial charge is 0.339 e. The Morgan fingerprint density at radius 1 is 1.14 bits per heavy atom. The molecule has 0 fully saturated rings. The number of hydrogen-bond donors (Lipinski definition) is 0. The maximum Gasteiger partial charge on any atom is 0.339 e. The molecule has 0 saturated carbocycles. The highest BCUT2D eigenvalue weighted by atomic mass is 19.1. The molecule has 2 aromatic carbocycles. The van der Waals surface area contributed by atoms with Crippen LogP contribution in [0.4, 0.5) is 4.39 Å². The van der Waals surface area contributed by atoms with Gasteiger partial charge in [0.05, 0.1) is 0 Å². The minimum Gasteiger partial charge on any atom is -0.477 e. The molecule has 2 heterocycles. The fourth-order valence-corrected chi connectivity index (χ4v) is 4.67. The average molecular weight is 393 g/mol. The van der Waals surface area contributed by atoms with Crippen LogP contribution >= 0.6 is 0 Å². The Labute approximate surface area is 168 Å². The number of rotatable bonds is 3. The zero-order chi connectivity index (χ0) is 20.0. The summed E-state index contributed by atoms with van der Waals surface area (Å²) in [7, 11) is 0. The van der Waals surface area contributed by atoms with E-state index in [2.05, 4.69) is 11.0 Å². The molecule has 0 N–H and O–H groups in total. The molecule has 5 heteroatoms. The highest BCUT2D eigenvalue weighted by Gasteiger charge is 2.25. The normalized spacial score (nSPS) is 16.3. The van der Waals surface area contributed by atoms with Crippen LogP contribution < -0.4 is 10.4 Å². The number of fused-ring (bicyclic) bond motifs is 4. The van der Waals surface area contributed by atoms with E-state index in [9.17, 15) is 9.18 Å². The zero-order valence-corrected chi connectivity index (χ0v) is 16.6. The second-order valence-corrected chi connectivity index (χ2v) is 8.13. The number of hydrogen-bond acceptors (Lipinski definition) is 4. The van der Waals surface area contributed by atoms with Crippen LogP contribution in [-0.2, 0) is 25.8 Å². The molecular formula is C24H24FNO3. The van der Waals surface area contributed by atoms with Crippen LogP contribution in [0.15, 0.2) is 39.5 Å². The van der Waals surface area contributed by atoms with Crippen LogP contribution in [-0.4, -0.2) is 18.2 Å². The summed E-state index contributed by atoms with van der Waals surface area (Å²) >= 11 is 0. The monoisotopic (exact) mass is 393 g/mol. The van der Waals surface area contributed by atoms with Crippen molar-refractivity contribution in [3.8, 4) is 5.75 Å². The van der Waals surface area contributed by atoms with Gasteiger partial charge >= 0.3 is 5.63 Å². The van der Waals surface area contributed by atoms with Gasteiger partial charge in [-0.15, -0.1) is 0 Å². The molecule has 0 bridgehead atoms. The van der Waals surface area contributed by atoms with Crippen molar-refractivity contribution in [3.05, 3.63) is 74.4 Å². The van der Waals surface area contributed by atoms with E-state index < -0.39 is 0 Å². The minimum atomic E-state index is -0.198. The quantitative estimate of drug-likeness (QED) is 0.614. The number of ether oxygens (including phenoxy) is 1. The van der Waals surface area contributed by atoms with Gasteiger partial charge in [-0.1, -0.05) is 12.1 Å². The van der Waals surface area contributed by atoms with Gasteiger partial charge in [-0.2, -0.15) is 0 Å². The third-order valence-electron chi connectivity index (χ3n) is 6.16. The molecule has 3 aromatic rings. The number of benzene rings is 2. The van der Waals surface area contributed by atoms with Gasteiger partial charge < -0.3 is 9.15 Å². The summed E-state index contributed by atoms with van der Waals surface area (Å²) in [6, 6.07) is 8.91. The first kappa shape index (κ1) is 18.4. The summed E-state index contributed by atoms with van der Waals surface area (Å²) in [6.45, 7) is 4.02. The van der Waals surface area contributed by atoms with Crippen molar-refractivity contribution >= 4 is 11.0 Å². The first-order chi connectivity index (χ1) is 14.1. The number of nitrogens with zero attached hydrogens (tertiary/aromatic N) is 1. The summed E-state index contributed by atoms with van der Waals surface area (Å²) in [5.41, 5.74) is 5.51. The predicted molar refractivity (Wildman–Crippen MR) is 110 cm³/mol. The third-order valence-corrected chi connectivity index (χ3v) is 6.16. The van der Waals surface area contributed by atoms with Crippen molar-refractivity contribution in [1.82, 2.24) is 4.90 Å². The Balaban J connectivity index is 1.46.